The lowest BCUT2D eigenvalue weighted by Crippen LogP contribution is -2.23. The van der Waals surface area contributed by atoms with Gasteiger partial charge in [-0.05, 0) is 64.2 Å². The van der Waals surface area contributed by atoms with E-state index in [9.17, 15) is 0 Å². The SMILES string of the molecule is CCCCCC/C=C\CCCCCCCCOC[C@@H]1CNC[C@H]1COCCCCCCCC/C=C\CCCCCC. The molecule has 1 fully saturated rings. The van der Waals surface area contributed by atoms with Gasteiger partial charge in [-0.1, -0.05) is 128 Å². The highest BCUT2D eigenvalue weighted by Crippen LogP contribution is 2.18. The van der Waals surface area contributed by atoms with Crippen LogP contribution in [0.5, 0.6) is 0 Å². The second kappa shape index (κ2) is 32.3. The highest BCUT2D eigenvalue weighted by molar-refractivity contribution is 4.82. The van der Waals surface area contributed by atoms with E-state index in [0.717, 1.165) is 39.5 Å². The predicted octanol–water partition coefficient (Wildman–Crippen LogP) is 11.4. The summed E-state index contributed by atoms with van der Waals surface area (Å²) in [5, 5.41) is 3.56. The Hall–Kier alpha value is -0.640. The van der Waals surface area contributed by atoms with E-state index in [1.165, 1.54) is 154 Å². The van der Waals surface area contributed by atoms with Gasteiger partial charge in [0.2, 0.25) is 0 Å². The number of nitrogens with one attached hydrogen (secondary N) is 1. The lowest BCUT2D eigenvalue weighted by molar-refractivity contribution is 0.0482. The average molecular weight is 576 g/mol. The van der Waals surface area contributed by atoms with Gasteiger partial charge in [0.25, 0.3) is 0 Å². The Balaban J connectivity index is 1.82. The van der Waals surface area contributed by atoms with E-state index < -0.39 is 0 Å². The number of ether oxygens (including phenoxy) is 2. The Kier molecular flexibility index (Phi) is 30.2. The quantitative estimate of drug-likeness (QED) is 0.0639. The van der Waals surface area contributed by atoms with Gasteiger partial charge in [0, 0.05) is 38.1 Å². The maximum Gasteiger partial charge on any atom is 0.0510 e. The number of unbranched alkanes of at least 4 members (excludes halogenated alkanes) is 20. The fourth-order valence-corrected chi connectivity index (χ4v) is 5.84. The maximum absolute atomic E-state index is 6.08. The van der Waals surface area contributed by atoms with E-state index >= 15 is 0 Å². The monoisotopic (exact) mass is 576 g/mol. The molecule has 0 aromatic carbocycles. The molecule has 0 aliphatic carbocycles. The van der Waals surface area contributed by atoms with Gasteiger partial charge in [0.1, 0.15) is 0 Å². The molecule has 1 aliphatic rings. The molecule has 3 heteroatoms. The Morgan fingerprint density at radius 3 is 1.12 bits per heavy atom. The molecular weight excluding hydrogens is 502 g/mol. The molecule has 1 N–H and O–H groups in total. The van der Waals surface area contributed by atoms with E-state index in [0.29, 0.717) is 11.8 Å². The fourth-order valence-electron chi connectivity index (χ4n) is 5.84. The zero-order chi connectivity index (χ0) is 29.3. The number of rotatable bonds is 32. The number of hydrogen-bond donors (Lipinski definition) is 1. The standard InChI is InChI=1S/C38H73NO2/c1-3-5-7-9-11-13-15-17-19-21-23-25-27-29-31-40-35-37-33-39-34-38(37)36-41-32-30-28-26-24-22-20-18-16-14-12-10-8-6-4-2/h13-16,37-39H,3-12,17-36H2,1-2H3/b15-13-,16-14-/t37-,38-/m0/s1. The lowest BCUT2D eigenvalue weighted by Gasteiger charge is -2.18. The molecule has 1 aliphatic heterocycles. The Morgan fingerprint density at radius 2 is 0.756 bits per heavy atom. The van der Waals surface area contributed by atoms with Crippen LogP contribution in [0, 0.1) is 11.8 Å². The van der Waals surface area contributed by atoms with Crippen molar-refractivity contribution in [2.75, 3.05) is 39.5 Å². The topological polar surface area (TPSA) is 30.5 Å². The van der Waals surface area contributed by atoms with Gasteiger partial charge >= 0.3 is 0 Å². The molecule has 0 radical (unpaired) electrons. The normalized spacial score (nSPS) is 17.5. The Labute approximate surface area is 258 Å². The minimum absolute atomic E-state index is 0.625. The van der Waals surface area contributed by atoms with E-state index in [2.05, 4.69) is 43.5 Å². The van der Waals surface area contributed by atoms with Crippen LogP contribution < -0.4 is 5.32 Å². The van der Waals surface area contributed by atoms with Crippen LogP contribution >= 0.6 is 0 Å². The van der Waals surface area contributed by atoms with Gasteiger partial charge in [-0.2, -0.15) is 0 Å². The van der Waals surface area contributed by atoms with E-state index in [1.807, 2.05) is 0 Å². The van der Waals surface area contributed by atoms with Crippen molar-refractivity contribution in [3.05, 3.63) is 24.3 Å². The van der Waals surface area contributed by atoms with Gasteiger partial charge in [-0.3, -0.25) is 0 Å². The summed E-state index contributed by atoms with van der Waals surface area (Å²) >= 11 is 0. The summed E-state index contributed by atoms with van der Waals surface area (Å²) in [5.74, 6) is 1.25. The molecule has 0 aromatic heterocycles. The molecule has 0 unspecified atom stereocenters. The molecule has 0 saturated carbocycles. The highest BCUT2D eigenvalue weighted by Gasteiger charge is 2.27. The van der Waals surface area contributed by atoms with Crippen molar-refractivity contribution >= 4 is 0 Å². The second-order valence-corrected chi connectivity index (χ2v) is 12.8. The zero-order valence-electron chi connectivity index (χ0n) is 28.0. The molecule has 0 spiro atoms. The van der Waals surface area contributed by atoms with Gasteiger partial charge in [0.15, 0.2) is 0 Å². The van der Waals surface area contributed by atoms with Crippen LogP contribution in [0.3, 0.4) is 0 Å². The molecule has 1 rings (SSSR count). The average Bonchev–Trinajstić information content (AvgIpc) is 3.43. The molecule has 1 saturated heterocycles. The van der Waals surface area contributed by atoms with Crippen LogP contribution in [-0.2, 0) is 9.47 Å². The fraction of sp³-hybridized carbons (Fsp3) is 0.895. The summed E-state index contributed by atoms with van der Waals surface area (Å²) in [7, 11) is 0. The summed E-state index contributed by atoms with van der Waals surface area (Å²) in [4.78, 5) is 0. The van der Waals surface area contributed by atoms with Gasteiger partial charge in [-0.25, -0.2) is 0 Å². The number of hydrogen-bond acceptors (Lipinski definition) is 3. The minimum atomic E-state index is 0.625. The third-order valence-corrected chi connectivity index (χ3v) is 8.74. The molecule has 3 nitrogen and oxygen atoms in total. The third-order valence-electron chi connectivity index (χ3n) is 8.74. The van der Waals surface area contributed by atoms with Gasteiger partial charge < -0.3 is 14.8 Å². The van der Waals surface area contributed by atoms with Gasteiger partial charge in [-0.15, -0.1) is 0 Å². The first-order chi connectivity index (χ1) is 20.4. The summed E-state index contributed by atoms with van der Waals surface area (Å²) in [6, 6.07) is 0. The van der Waals surface area contributed by atoms with Crippen LogP contribution in [0.2, 0.25) is 0 Å². The highest BCUT2D eigenvalue weighted by atomic mass is 16.5. The van der Waals surface area contributed by atoms with Crippen molar-refractivity contribution in [3.8, 4) is 0 Å². The maximum atomic E-state index is 6.08. The lowest BCUT2D eigenvalue weighted by atomic mass is 9.98. The molecule has 0 amide bonds. The summed E-state index contributed by atoms with van der Waals surface area (Å²) < 4.78 is 12.2. The van der Waals surface area contributed by atoms with Crippen molar-refractivity contribution in [1.82, 2.24) is 5.32 Å². The first-order valence-corrected chi connectivity index (χ1v) is 18.5. The summed E-state index contributed by atoms with van der Waals surface area (Å²) in [6.45, 7) is 10.4. The second-order valence-electron chi connectivity index (χ2n) is 12.8. The summed E-state index contributed by atoms with van der Waals surface area (Å²) in [5.41, 5.74) is 0. The molecule has 1 heterocycles. The van der Waals surface area contributed by atoms with Crippen LogP contribution in [0.1, 0.15) is 168 Å². The van der Waals surface area contributed by atoms with E-state index in [4.69, 9.17) is 9.47 Å². The van der Waals surface area contributed by atoms with Crippen molar-refractivity contribution in [2.24, 2.45) is 11.8 Å². The molecule has 242 valence electrons. The Bertz CT molecular complexity index is 512. The molecule has 0 aromatic rings. The largest absolute Gasteiger partial charge is 0.381 e. The molecule has 41 heavy (non-hydrogen) atoms. The van der Waals surface area contributed by atoms with Crippen LogP contribution in [-0.4, -0.2) is 39.5 Å². The Morgan fingerprint density at radius 1 is 0.439 bits per heavy atom. The molecule has 2 atom stereocenters. The zero-order valence-corrected chi connectivity index (χ0v) is 28.0. The van der Waals surface area contributed by atoms with Crippen molar-refractivity contribution < 1.29 is 9.47 Å². The first kappa shape index (κ1) is 38.4. The number of allylic oxidation sites excluding steroid dienone is 4. The molecular formula is C38H73NO2. The third kappa shape index (κ3) is 26.7. The van der Waals surface area contributed by atoms with E-state index in [1.54, 1.807) is 0 Å². The minimum Gasteiger partial charge on any atom is -0.381 e. The predicted molar refractivity (Wildman–Crippen MR) is 182 cm³/mol. The van der Waals surface area contributed by atoms with Crippen molar-refractivity contribution in [2.45, 2.75) is 168 Å². The smallest absolute Gasteiger partial charge is 0.0510 e. The first-order valence-electron chi connectivity index (χ1n) is 18.5. The van der Waals surface area contributed by atoms with Crippen molar-refractivity contribution in [3.63, 3.8) is 0 Å². The van der Waals surface area contributed by atoms with Crippen LogP contribution in [0.15, 0.2) is 24.3 Å². The summed E-state index contributed by atoms with van der Waals surface area (Å²) in [6.07, 6.45) is 41.8. The van der Waals surface area contributed by atoms with Gasteiger partial charge in [0.05, 0.1) is 13.2 Å². The molecule has 0 bridgehead atoms. The van der Waals surface area contributed by atoms with E-state index in [-0.39, 0.29) is 0 Å². The van der Waals surface area contributed by atoms with Crippen LogP contribution in [0.25, 0.3) is 0 Å². The van der Waals surface area contributed by atoms with Crippen molar-refractivity contribution in [1.29, 1.82) is 0 Å². The van der Waals surface area contributed by atoms with Crippen LogP contribution in [0.4, 0.5) is 0 Å².